The third-order valence-corrected chi connectivity index (χ3v) is 5.31. The van der Waals surface area contributed by atoms with Gasteiger partial charge in [-0.2, -0.15) is 14.5 Å². The Balaban J connectivity index is 0.00000240. The van der Waals surface area contributed by atoms with Crippen LogP contribution in [-0.4, -0.2) is 19.1 Å². The number of hydrogen-bond donors (Lipinski definition) is 0. The Bertz CT molecular complexity index is 1070. The first kappa shape index (κ1) is 21.0. The molecule has 2 aromatic heterocycles. The highest BCUT2D eigenvalue weighted by molar-refractivity contribution is 7.07. The lowest BCUT2D eigenvalue weighted by molar-refractivity contribution is 0.474. The van der Waals surface area contributed by atoms with Crippen LogP contribution in [0.1, 0.15) is 22.3 Å². The summed E-state index contributed by atoms with van der Waals surface area (Å²) in [4.78, 5) is 4.54. The highest BCUT2D eigenvalue weighted by Crippen LogP contribution is 2.31. The van der Waals surface area contributed by atoms with E-state index in [1.165, 1.54) is 28.2 Å². The standard InChI is InChI=1S/C22H22N4OS.ClH/c1-15-5-7-18(8-6-15)21-24-22(28-25-21)27-20-14-16(2)19(13-17(20)3)9-12-26-11-4-10-23-26;/h4-8,10-11,13-14H,9,12H2,1-3H3;1H. The zero-order chi connectivity index (χ0) is 19.5. The molecule has 0 aliphatic carbocycles. The second-order valence-corrected chi connectivity index (χ2v) is 7.63. The molecule has 0 amide bonds. The van der Waals surface area contributed by atoms with Crippen LogP contribution in [-0.2, 0) is 13.0 Å². The Morgan fingerprint density at radius 2 is 1.83 bits per heavy atom. The Hall–Kier alpha value is -2.70. The lowest BCUT2D eigenvalue weighted by Crippen LogP contribution is -2.03. The minimum absolute atomic E-state index is 0. The molecule has 4 rings (SSSR count). The van der Waals surface area contributed by atoms with Crippen molar-refractivity contribution in [3.63, 3.8) is 0 Å². The zero-order valence-electron chi connectivity index (χ0n) is 16.6. The third kappa shape index (κ3) is 5.02. The van der Waals surface area contributed by atoms with Gasteiger partial charge in [0.05, 0.1) is 0 Å². The number of aromatic nitrogens is 4. The largest absolute Gasteiger partial charge is 0.430 e. The minimum Gasteiger partial charge on any atom is -0.430 e. The predicted octanol–water partition coefficient (Wildman–Crippen LogP) is 5.78. The fourth-order valence-corrected chi connectivity index (χ4v) is 3.63. The van der Waals surface area contributed by atoms with Crippen molar-refractivity contribution >= 4 is 23.9 Å². The molecular formula is C22H23ClN4OS. The molecule has 0 radical (unpaired) electrons. The molecule has 5 nitrogen and oxygen atoms in total. The summed E-state index contributed by atoms with van der Waals surface area (Å²) in [5.74, 6) is 1.53. The molecule has 150 valence electrons. The van der Waals surface area contributed by atoms with E-state index in [1.807, 2.05) is 35.3 Å². The Kier molecular flexibility index (Phi) is 6.67. The second kappa shape index (κ2) is 9.20. The van der Waals surface area contributed by atoms with Crippen LogP contribution in [0.25, 0.3) is 11.4 Å². The van der Waals surface area contributed by atoms with Crippen molar-refractivity contribution < 1.29 is 4.74 Å². The van der Waals surface area contributed by atoms with Crippen molar-refractivity contribution in [1.29, 1.82) is 0 Å². The first-order valence-electron chi connectivity index (χ1n) is 9.24. The highest BCUT2D eigenvalue weighted by Gasteiger charge is 2.12. The van der Waals surface area contributed by atoms with E-state index in [0.717, 1.165) is 29.8 Å². The molecule has 0 spiro atoms. The van der Waals surface area contributed by atoms with Crippen molar-refractivity contribution in [2.45, 2.75) is 33.7 Å². The summed E-state index contributed by atoms with van der Waals surface area (Å²) in [6.45, 7) is 7.11. The summed E-state index contributed by atoms with van der Waals surface area (Å²) >= 11 is 1.28. The van der Waals surface area contributed by atoms with Crippen LogP contribution in [0.3, 0.4) is 0 Å². The van der Waals surface area contributed by atoms with Crippen LogP contribution >= 0.6 is 23.9 Å². The maximum absolute atomic E-state index is 6.05. The molecule has 7 heteroatoms. The van der Waals surface area contributed by atoms with Crippen molar-refractivity contribution in [3.05, 3.63) is 77.1 Å². The quantitative estimate of drug-likeness (QED) is 0.392. The lowest BCUT2D eigenvalue weighted by atomic mass is 10.0. The molecule has 0 aliphatic heterocycles. The van der Waals surface area contributed by atoms with Gasteiger partial charge in [0.1, 0.15) is 5.75 Å². The molecule has 0 N–H and O–H groups in total. The van der Waals surface area contributed by atoms with Crippen molar-refractivity contribution in [3.8, 4) is 22.3 Å². The van der Waals surface area contributed by atoms with Gasteiger partial charge in [0.25, 0.3) is 5.19 Å². The van der Waals surface area contributed by atoms with E-state index in [4.69, 9.17) is 4.74 Å². The van der Waals surface area contributed by atoms with Gasteiger partial charge in [0.2, 0.25) is 0 Å². The van der Waals surface area contributed by atoms with Crippen LogP contribution in [0.4, 0.5) is 0 Å². The molecule has 0 unspecified atom stereocenters. The lowest BCUT2D eigenvalue weighted by Gasteiger charge is -2.12. The van der Waals surface area contributed by atoms with E-state index >= 15 is 0 Å². The van der Waals surface area contributed by atoms with E-state index in [1.54, 1.807) is 0 Å². The molecule has 2 heterocycles. The average molecular weight is 427 g/mol. The molecule has 0 saturated carbocycles. The minimum atomic E-state index is 0. The van der Waals surface area contributed by atoms with Gasteiger partial charge in [0, 0.05) is 36.0 Å². The average Bonchev–Trinajstić information content (AvgIpc) is 3.36. The summed E-state index contributed by atoms with van der Waals surface area (Å²) in [5.41, 5.74) is 5.81. The molecule has 0 saturated heterocycles. The van der Waals surface area contributed by atoms with Crippen molar-refractivity contribution in [2.75, 3.05) is 0 Å². The number of aryl methyl sites for hydroxylation is 5. The number of hydrogen-bond acceptors (Lipinski definition) is 5. The van der Waals surface area contributed by atoms with E-state index in [2.05, 4.69) is 59.5 Å². The van der Waals surface area contributed by atoms with E-state index in [9.17, 15) is 0 Å². The maximum atomic E-state index is 6.05. The van der Waals surface area contributed by atoms with Crippen LogP contribution in [0, 0.1) is 20.8 Å². The van der Waals surface area contributed by atoms with Crippen LogP contribution in [0.15, 0.2) is 54.9 Å². The van der Waals surface area contributed by atoms with Crippen LogP contribution in [0.2, 0.25) is 0 Å². The van der Waals surface area contributed by atoms with E-state index in [0.29, 0.717) is 11.0 Å². The predicted molar refractivity (Wildman–Crippen MR) is 119 cm³/mol. The fourth-order valence-electron chi connectivity index (χ4n) is 3.06. The summed E-state index contributed by atoms with van der Waals surface area (Å²) in [7, 11) is 0. The summed E-state index contributed by atoms with van der Waals surface area (Å²) in [6, 6.07) is 14.4. The monoisotopic (exact) mass is 426 g/mol. The summed E-state index contributed by atoms with van der Waals surface area (Å²) in [6.07, 6.45) is 4.73. The molecule has 0 bridgehead atoms. The Labute approximate surface area is 181 Å². The van der Waals surface area contributed by atoms with Crippen LogP contribution in [0.5, 0.6) is 10.9 Å². The van der Waals surface area contributed by atoms with Crippen molar-refractivity contribution in [2.24, 2.45) is 0 Å². The smallest absolute Gasteiger partial charge is 0.299 e. The zero-order valence-corrected chi connectivity index (χ0v) is 18.3. The molecule has 0 aliphatic rings. The Morgan fingerprint density at radius 1 is 1.03 bits per heavy atom. The molecule has 29 heavy (non-hydrogen) atoms. The van der Waals surface area contributed by atoms with Gasteiger partial charge in [-0.25, -0.2) is 0 Å². The summed E-state index contributed by atoms with van der Waals surface area (Å²) in [5, 5.41) is 4.82. The Morgan fingerprint density at radius 3 is 2.55 bits per heavy atom. The molecule has 0 fully saturated rings. The van der Waals surface area contributed by atoms with Gasteiger partial charge >= 0.3 is 0 Å². The van der Waals surface area contributed by atoms with Gasteiger partial charge in [-0.3, -0.25) is 4.68 Å². The van der Waals surface area contributed by atoms with Crippen molar-refractivity contribution in [1.82, 2.24) is 19.1 Å². The topological polar surface area (TPSA) is 52.8 Å². The normalized spacial score (nSPS) is 10.6. The fraction of sp³-hybridized carbons (Fsp3) is 0.227. The number of ether oxygens (including phenoxy) is 1. The molecule has 0 atom stereocenters. The van der Waals surface area contributed by atoms with Gasteiger partial charge in [-0.1, -0.05) is 35.9 Å². The number of benzene rings is 2. The highest BCUT2D eigenvalue weighted by atomic mass is 35.5. The molecule has 2 aromatic carbocycles. The maximum Gasteiger partial charge on any atom is 0.299 e. The number of rotatable bonds is 6. The summed E-state index contributed by atoms with van der Waals surface area (Å²) < 4.78 is 12.4. The van der Waals surface area contributed by atoms with Gasteiger partial charge in [-0.15, -0.1) is 12.4 Å². The van der Waals surface area contributed by atoms with Crippen LogP contribution < -0.4 is 4.74 Å². The van der Waals surface area contributed by atoms with Gasteiger partial charge in [0.15, 0.2) is 5.82 Å². The first-order valence-corrected chi connectivity index (χ1v) is 10.0. The van der Waals surface area contributed by atoms with E-state index in [-0.39, 0.29) is 12.4 Å². The van der Waals surface area contributed by atoms with Gasteiger partial charge < -0.3 is 4.74 Å². The number of halogens is 1. The third-order valence-electron chi connectivity index (χ3n) is 4.72. The SMILES string of the molecule is Cc1ccc(-c2nsc(Oc3cc(C)c(CCn4cccn4)cc3C)n2)cc1.Cl. The molecular weight excluding hydrogens is 404 g/mol. The molecule has 4 aromatic rings. The second-order valence-electron chi connectivity index (χ2n) is 6.92. The van der Waals surface area contributed by atoms with Gasteiger partial charge in [-0.05, 0) is 56.0 Å². The first-order chi connectivity index (χ1) is 13.6. The van der Waals surface area contributed by atoms with E-state index < -0.39 is 0 Å². The number of nitrogens with zero attached hydrogens (tertiary/aromatic N) is 4.